The van der Waals surface area contributed by atoms with Crippen molar-refractivity contribution in [2.75, 3.05) is 18.0 Å². The number of benzene rings is 5. The highest BCUT2D eigenvalue weighted by Crippen LogP contribution is 2.44. The molecule has 0 aromatic heterocycles. The minimum Gasteiger partial charge on any atom is -0.744 e. The molecule has 1 heterocycles. The van der Waals surface area contributed by atoms with E-state index in [1.165, 1.54) is 12.1 Å². The second-order valence-corrected chi connectivity index (χ2v) is 14.9. The van der Waals surface area contributed by atoms with Crippen LogP contribution in [0.3, 0.4) is 0 Å². The van der Waals surface area contributed by atoms with Crippen LogP contribution in [0.5, 0.6) is 0 Å². The van der Waals surface area contributed by atoms with Crippen molar-refractivity contribution < 1.29 is 37.2 Å². The number of nitrogens with zero attached hydrogens (tertiary/aromatic N) is 2. The van der Waals surface area contributed by atoms with Crippen molar-refractivity contribution in [3.05, 3.63) is 125 Å². The number of aliphatic carboxylic acids is 2. The third-order valence-electron chi connectivity index (χ3n) is 9.70. The second-order valence-electron chi connectivity index (χ2n) is 13.6. The molecule has 6 rings (SSSR count). The van der Waals surface area contributed by atoms with Crippen molar-refractivity contribution in [2.24, 2.45) is 0 Å². The minimum atomic E-state index is -4.88. The molecule has 4 aromatic carbocycles. The molecule has 54 heavy (non-hydrogen) atoms. The Bertz CT molecular complexity index is 2520. The van der Waals surface area contributed by atoms with E-state index in [0.717, 1.165) is 44.7 Å². The van der Waals surface area contributed by atoms with Crippen molar-refractivity contribution >= 4 is 50.1 Å². The standard InChI is InChI=1S/C43H42N2O8S/c1-27-11-7-12-28(2)42(27)44(23-9-17-39(46)47)31-19-21-33-36(25-31)53-37-26-32(45(24-10-18-40(48)49)43-29(3)13-8-14-30(43)4)20-22-34(37)41(33)35-15-5-6-16-38(35)54(50,51)52/h5-8,11-16,19-22,25-26H,9-10,17-18,23-24H2,1-4H3,(H2-,46,47,48,49,50,51,52). The zero-order valence-corrected chi connectivity index (χ0v) is 31.4. The topological polar surface area (TPSA) is 151 Å². The molecule has 0 unspecified atom stereocenters. The van der Waals surface area contributed by atoms with Gasteiger partial charge in [0.1, 0.15) is 28.0 Å². The number of carboxylic acids is 2. The van der Waals surface area contributed by atoms with Gasteiger partial charge in [-0.15, -0.1) is 0 Å². The first-order chi connectivity index (χ1) is 25.7. The summed E-state index contributed by atoms with van der Waals surface area (Å²) in [5.41, 5.74) is 8.41. The first-order valence-electron chi connectivity index (χ1n) is 17.7. The van der Waals surface area contributed by atoms with Crippen LogP contribution in [-0.4, -0.2) is 48.2 Å². The van der Waals surface area contributed by atoms with Gasteiger partial charge in [-0.1, -0.05) is 54.6 Å². The molecular formula is C43H42N2O8S. The minimum absolute atomic E-state index is 0.0132. The predicted molar refractivity (Wildman–Crippen MR) is 209 cm³/mol. The van der Waals surface area contributed by atoms with Crippen LogP contribution in [0.15, 0.2) is 106 Å². The highest BCUT2D eigenvalue weighted by atomic mass is 32.2. The Labute approximate surface area is 314 Å². The molecular weight excluding hydrogens is 705 g/mol. The molecule has 4 aromatic rings. The summed E-state index contributed by atoms with van der Waals surface area (Å²) in [4.78, 5) is 24.8. The van der Waals surface area contributed by atoms with Crippen LogP contribution >= 0.6 is 0 Å². The largest absolute Gasteiger partial charge is 0.744 e. The van der Waals surface area contributed by atoms with E-state index >= 15 is 0 Å². The van der Waals surface area contributed by atoms with Gasteiger partial charge in [-0.2, -0.15) is 4.58 Å². The highest BCUT2D eigenvalue weighted by Gasteiger charge is 2.25. The molecule has 0 saturated carbocycles. The summed E-state index contributed by atoms with van der Waals surface area (Å²) in [5, 5.41) is 20.2. The summed E-state index contributed by atoms with van der Waals surface area (Å²) >= 11 is 0. The van der Waals surface area contributed by atoms with Crippen LogP contribution in [0.2, 0.25) is 0 Å². The lowest BCUT2D eigenvalue weighted by Crippen LogP contribution is -2.28. The number of hydrogen-bond donors (Lipinski definition) is 2. The van der Waals surface area contributed by atoms with E-state index in [2.05, 4.69) is 9.48 Å². The fourth-order valence-electron chi connectivity index (χ4n) is 7.36. The molecule has 2 N–H and O–H groups in total. The zero-order chi connectivity index (χ0) is 38.7. The molecule has 0 fully saturated rings. The molecule has 0 saturated heterocycles. The Balaban J connectivity index is 1.68. The van der Waals surface area contributed by atoms with Gasteiger partial charge in [0.15, 0.2) is 0 Å². The maximum atomic E-state index is 12.6. The quantitative estimate of drug-likeness (QED) is 0.0675. The molecule has 11 heteroatoms. The predicted octanol–water partition coefficient (Wildman–Crippen LogP) is 8.31. The van der Waals surface area contributed by atoms with Crippen molar-refractivity contribution in [2.45, 2.75) is 58.3 Å². The number of fused-ring (bicyclic) bond motifs is 2. The molecule has 10 nitrogen and oxygen atoms in total. The van der Waals surface area contributed by atoms with E-state index in [9.17, 15) is 32.8 Å². The molecule has 0 bridgehead atoms. The SMILES string of the molecule is Cc1cccc(C)c1N(CCCC(=O)O)c1ccc2c(-c3ccccc3S(=O)(=O)[O-])c3ccc(=[N+](CCCC(=O)O)c4c(C)cccc4C)cc-3oc2c1. The van der Waals surface area contributed by atoms with Crippen LogP contribution in [-0.2, 0) is 19.7 Å². The number of rotatable bonds is 13. The van der Waals surface area contributed by atoms with E-state index in [0.29, 0.717) is 53.8 Å². The molecule has 0 radical (unpaired) electrons. The van der Waals surface area contributed by atoms with Gasteiger partial charge >= 0.3 is 11.9 Å². The Hall–Kier alpha value is -5.78. The van der Waals surface area contributed by atoms with Gasteiger partial charge in [-0.05, 0) is 69.5 Å². The number of aryl methyl sites for hydroxylation is 4. The van der Waals surface area contributed by atoms with E-state index < -0.39 is 22.1 Å². The monoisotopic (exact) mass is 746 g/mol. The van der Waals surface area contributed by atoms with Gasteiger partial charge in [0.25, 0.3) is 0 Å². The van der Waals surface area contributed by atoms with Gasteiger partial charge in [-0.25, -0.2) is 8.42 Å². The van der Waals surface area contributed by atoms with E-state index in [1.54, 1.807) is 12.1 Å². The molecule has 0 spiro atoms. The normalized spacial score (nSPS) is 12.2. The molecule has 1 aliphatic carbocycles. The van der Waals surface area contributed by atoms with E-state index in [1.807, 2.05) is 100 Å². The van der Waals surface area contributed by atoms with Crippen molar-refractivity contribution in [3.63, 3.8) is 0 Å². The van der Waals surface area contributed by atoms with Crippen LogP contribution < -0.4 is 14.8 Å². The number of anilines is 2. The lowest BCUT2D eigenvalue weighted by molar-refractivity contribution is -0.138. The summed E-state index contributed by atoms with van der Waals surface area (Å²) in [6, 6.07) is 29.3. The summed E-state index contributed by atoms with van der Waals surface area (Å²) in [5.74, 6) is -1.35. The maximum absolute atomic E-state index is 12.6. The van der Waals surface area contributed by atoms with Crippen LogP contribution in [0, 0.1) is 27.7 Å². The summed E-state index contributed by atoms with van der Waals surface area (Å²) in [6.45, 7) is 8.83. The van der Waals surface area contributed by atoms with Crippen molar-refractivity contribution in [1.82, 2.24) is 4.58 Å². The number of carbonyl (C=O) groups is 2. The highest BCUT2D eigenvalue weighted by molar-refractivity contribution is 7.85. The number of para-hydroxylation sites is 2. The first-order valence-corrected chi connectivity index (χ1v) is 19.2. The zero-order valence-electron chi connectivity index (χ0n) is 30.6. The Morgan fingerprint density at radius 1 is 0.741 bits per heavy atom. The average Bonchev–Trinajstić information content (AvgIpc) is 3.11. The van der Waals surface area contributed by atoms with Gasteiger partial charge in [0, 0.05) is 76.1 Å². The third-order valence-corrected chi connectivity index (χ3v) is 10.6. The Morgan fingerprint density at radius 3 is 2.02 bits per heavy atom. The smallest absolute Gasteiger partial charge is 0.303 e. The maximum Gasteiger partial charge on any atom is 0.303 e. The van der Waals surface area contributed by atoms with Crippen LogP contribution in [0.1, 0.15) is 47.9 Å². The van der Waals surface area contributed by atoms with Crippen LogP contribution in [0.4, 0.5) is 17.1 Å². The average molecular weight is 747 g/mol. The van der Waals surface area contributed by atoms with Gasteiger partial charge in [0.05, 0.1) is 17.4 Å². The van der Waals surface area contributed by atoms with E-state index in [4.69, 9.17) is 4.42 Å². The number of carboxylic acid groups (broad SMARTS) is 2. The number of hydrogen-bond acceptors (Lipinski definition) is 7. The van der Waals surface area contributed by atoms with Gasteiger partial charge < -0.3 is 24.1 Å². The molecule has 0 amide bonds. The second kappa shape index (κ2) is 15.7. The summed E-state index contributed by atoms with van der Waals surface area (Å²) in [7, 11) is -4.88. The molecule has 2 aliphatic rings. The molecule has 0 atom stereocenters. The third kappa shape index (κ3) is 7.92. The molecule has 1 aliphatic heterocycles. The van der Waals surface area contributed by atoms with E-state index in [-0.39, 0.29) is 23.3 Å². The summed E-state index contributed by atoms with van der Waals surface area (Å²) in [6.07, 6.45) is 0.742. The first kappa shape index (κ1) is 38.0. The Morgan fingerprint density at radius 2 is 1.37 bits per heavy atom. The van der Waals surface area contributed by atoms with Gasteiger partial charge in [0.2, 0.25) is 11.0 Å². The van der Waals surface area contributed by atoms with Gasteiger partial charge in [-0.3, -0.25) is 9.59 Å². The van der Waals surface area contributed by atoms with Crippen molar-refractivity contribution in [3.8, 4) is 22.5 Å². The van der Waals surface area contributed by atoms with Crippen LogP contribution in [0.25, 0.3) is 33.4 Å². The fourth-order valence-corrected chi connectivity index (χ4v) is 8.05. The van der Waals surface area contributed by atoms with Crippen molar-refractivity contribution in [1.29, 1.82) is 0 Å². The Kier molecular flexibility index (Phi) is 11.0. The molecule has 278 valence electrons. The lowest BCUT2D eigenvalue weighted by Gasteiger charge is -2.29. The lowest BCUT2D eigenvalue weighted by atomic mass is 9.93. The summed E-state index contributed by atoms with van der Waals surface area (Å²) < 4.78 is 46.7. The fraction of sp³-hybridized carbons (Fsp3) is 0.233.